The van der Waals surface area contributed by atoms with E-state index in [1.165, 1.54) is 24.3 Å². The van der Waals surface area contributed by atoms with Gasteiger partial charge in [-0.05, 0) is 43.7 Å². The van der Waals surface area contributed by atoms with Gasteiger partial charge < -0.3 is 20.7 Å². The van der Waals surface area contributed by atoms with Gasteiger partial charge in [-0.1, -0.05) is 23.7 Å². The zero-order valence-corrected chi connectivity index (χ0v) is 17.6. The number of amides is 3. The first-order chi connectivity index (χ1) is 14.7. The van der Waals surface area contributed by atoms with Crippen LogP contribution in [0, 0.1) is 10.1 Å². The minimum absolute atomic E-state index is 0.0141. The number of nitro benzene ring substituents is 1. The summed E-state index contributed by atoms with van der Waals surface area (Å²) in [5, 5.41) is 18.9. The molecule has 0 saturated heterocycles. The predicted octanol–water partition coefficient (Wildman–Crippen LogP) is 3.25. The molecule has 2 aromatic carbocycles. The topological polar surface area (TPSA) is 140 Å². The van der Waals surface area contributed by atoms with E-state index in [4.69, 9.17) is 16.3 Å². The van der Waals surface area contributed by atoms with Crippen molar-refractivity contribution in [3.63, 3.8) is 0 Å². The van der Waals surface area contributed by atoms with Crippen molar-refractivity contribution in [3.8, 4) is 0 Å². The van der Waals surface area contributed by atoms with Crippen LogP contribution in [0.4, 0.5) is 16.2 Å². The summed E-state index contributed by atoms with van der Waals surface area (Å²) in [4.78, 5) is 46.1. The van der Waals surface area contributed by atoms with Gasteiger partial charge in [0.25, 0.3) is 11.6 Å². The molecule has 0 radical (unpaired) electrons. The first-order valence-electron chi connectivity index (χ1n) is 9.20. The van der Waals surface area contributed by atoms with E-state index in [-0.39, 0.29) is 40.6 Å². The Morgan fingerprint density at radius 2 is 1.81 bits per heavy atom. The summed E-state index contributed by atoms with van der Waals surface area (Å²) in [6.07, 6.45) is 0. The van der Waals surface area contributed by atoms with Crippen LogP contribution in [-0.4, -0.2) is 35.5 Å². The van der Waals surface area contributed by atoms with Crippen LogP contribution in [0.1, 0.15) is 29.8 Å². The number of urea groups is 1. The van der Waals surface area contributed by atoms with E-state index in [0.29, 0.717) is 0 Å². The van der Waals surface area contributed by atoms with E-state index in [9.17, 15) is 24.5 Å². The molecule has 0 saturated carbocycles. The highest BCUT2D eigenvalue weighted by Crippen LogP contribution is 2.27. The number of esters is 1. The molecule has 0 atom stereocenters. The lowest BCUT2D eigenvalue weighted by Gasteiger charge is -2.10. The molecule has 0 bridgehead atoms. The van der Waals surface area contributed by atoms with Crippen molar-refractivity contribution in [2.75, 3.05) is 11.9 Å². The standard InChI is InChI=1S/C20H21ClN4O6/c1-12(2)23-20(28)22-10-13-3-5-14(6-4-13)19(27)31-11-18(26)24-16-8-7-15(21)9-17(16)25(29)30/h3-9,12H,10-11H2,1-2H3,(H,24,26)(H2,22,23,28). The van der Waals surface area contributed by atoms with Gasteiger partial charge in [0, 0.05) is 23.7 Å². The second-order valence-corrected chi connectivity index (χ2v) is 7.16. The number of rotatable bonds is 8. The second-order valence-electron chi connectivity index (χ2n) is 6.72. The van der Waals surface area contributed by atoms with Crippen LogP contribution in [0.15, 0.2) is 42.5 Å². The number of halogens is 1. The molecule has 0 aliphatic carbocycles. The minimum atomic E-state index is -0.740. The van der Waals surface area contributed by atoms with Gasteiger partial charge in [-0.25, -0.2) is 9.59 Å². The average molecular weight is 449 g/mol. The first-order valence-corrected chi connectivity index (χ1v) is 9.57. The number of hydrogen-bond donors (Lipinski definition) is 3. The zero-order valence-electron chi connectivity index (χ0n) is 16.8. The van der Waals surface area contributed by atoms with Crippen molar-refractivity contribution < 1.29 is 24.0 Å². The summed E-state index contributed by atoms with van der Waals surface area (Å²) < 4.78 is 4.94. The summed E-state index contributed by atoms with van der Waals surface area (Å²) >= 11 is 5.72. The van der Waals surface area contributed by atoms with Crippen molar-refractivity contribution in [1.82, 2.24) is 10.6 Å². The molecule has 10 nitrogen and oxygen atoms in total. The number of nitrogens with zero attached hydrogens (tertiary/aromatic N) is 1. The van der Waals surface area contributed by atoms with Crippen LogP contribution >= 0.6 is 11.6 Å². The lowest BCUT2D eigenvalue weighted by Crippen LogP contribution is -2.39. The Balaban J connectivity index is 1.86. The minimum Gasteiger partial charge on any atom is -0.452 e. The molecule has 0 fully saturated rings. The molecular formula is C20H21ClN4O6. The fourth-order valence-electron chi connectivity index (χ4n) is 2.42. The fourth-order valence-corrected chi connectivity index (χ4v) is 2.58. The number of ether oxygens (including phenoxy) is 1. The lowest BCUT2D eigenvalue weighted by atomic mass is 10.1. The number of nitro groups is 1. The van der Waals surface area contributed by atoms with E-state index < -0.39 is 23.4 Å². The number of hydrogen-bond acceptors (Lipinski definition) is 6. The molecule has 164 valence electrons. The summed E-state index contributed by atoms with van der Waals surface area (Å²) in [6, 6.07) is 9.78. The molecule has 11 heteroatoms. The highest BCUT2D eigenvalue weighted by molar-refractivity contribution is 6.31. The van der Waals surface area contributed by atoms with E-state index >= 15 is 0 Å². The largest absolute Gasteiger partial charge is 0.452 e. The van der Waals surface area contributed by atoms with Gasteiger partial charge in [0.15, 0.2) is 6.61 Å². The van der Waals surface area contributed by atoms with Gasteiger partial charge in [-0.2, -0.15) is 0 Å². The van der Waals surface area contributed by atoms with Gasteiger partial charge in [0.05, 0.1) is 10.5 Å². The number of carbonyl (C=O) groups is 3. The summed E-state index contributed by atoms with van der Waals surface area (Å²) in [5.74, 6) is -1.48. The highest BCUT2D eigenvalue weighted by Gasteiger charge is 2.17. The van der Waals surface area contributed by atoms with Crippen LogP contribution in [0.5, 0.6) is 0 Å². The number of nitrogens with one attached hydrogen (secondary N) is 3. The lowest BCUT2D eigenvalue weighted by molar-refractivity contribution is -0.383. The Labute approximate surface area is 183 Å². The Bertz CT molecular complexity index is 978. The maximum absolute atomic E-state index is 12.1. The van der Waals surface area contributed by atoms with Crippen LogP contribution in [0.25, 0.3) is 0 Å². The maximum atomic E-state index is 12.1. The smallest absolute Gasteiger partial charge is 0.338 e. The average Bonchev–Trinajstić information content (AvgIpc) is 2.71. The molecule has 3 amide bonds. The fraction of sp³-hybridized carbons (Fsp3) is 0.250. The molecule has 0 spiro atoms. The van der Waals surface area contributed by atoms with Gasteiger partial charge in [0.2, 0.25) is 0 Å². The highest BCUT2D eigenvalue weighted by atomic mass is 35.5. The van der Waals surface area contributed by atoms with Gasteiger partial charge in [-0.3, -0.25) is 14.9 Å². The van der Waals surface area contributed by atoms with Crippen molar-refractivity contribution in [2.24, 2.45) is 0 Å². The molecule has 0 aliphatic heterocycles. The molecular weight excluding hydrogens is 428 g/mol. The van der Waals surface area contributed by atoms with Crippen molar-refractivity contribution in [2.45, 2.75) is 26.4 Å². The van der Waals surface area contributed by atoms with Crippen LogP contribution in [0.3, 0.4) is 0 Å². The van der Waals surface area contributed by atoms with Crippen molar-refractivity contribution >= 4 is 40.9 Å². The Morgan fingerprint density at radius 1 is 1.13 bits per heavy atom. The van der Waals surface area contributed by atoms with Gasteiger partial charge >= 0.3 is 12.0 Å². The number of anilines is 1. The van der Waals surface area contributed by atoms with Crippen molar-refractivity contribution in [3.05, 3.63) is 68.7 Å². The predicted molar refractivity (Wildman–Crippen MR) is 114 cm³/mol. The second kappa shape index (κ2) is 10.9. The van der Waals surface area contributed by atoms with Gasteiger partial charge in [-0.15, -0.1) is 0 Å². The molecule has 3 N–H and O–H groups in total. The SMILES string of the molecule is CC(C)NC(=O)NCc1ccc(C(=O)OCC(=O)Nc2ccc(Cl)cc2[N+](=O)[O-])cc1. The monoisotopic (exact) mass is 448 g/mol. The van der Waals surface area contributed by atoms with E-state index in [1.54, 1.807) is 12.1 Å². The Morgan fingerprint density at radius 3 is 2.42 bits per heavy atom. The van der Waals surface area contributed by atoms with E-state index in [1.807, 2.05) is 13.8 Å². The number of benzene rings is 2. The molecule has 0 heterocycles. The van der Waals surface area contributed by atoms with Crippen molar-refractivity contribution in [1.29, 1.82) is 0 Å². The number of carbonyl (C=O) groups excluding carboxylic acids is 3. The molecule has 2 rings (SSSR count). The third-order valence-electron chi connectivity index (χ3n) is 3.83. The Hall–Kier alpha value is -3.66. The van der Waals surface area contributed by atoms with E-state index in [0.717, 1.165) is 11.6 Å². The van der Waals surface area contributed by atoms with Crippen LogP contribution < -0.4 is 16.0 Å². The van der Waals surface area contributed by atoms with Crippen LogP contribution in [-0.2, 0) is 16.1 Å². The third-order valence-corrected chi connectivity index (χ3v) is 4.06. The summed E-state index contributed by atoms with van der Waals surface area (Å²) in [6.45, 7) is 3.33. The molecule has 2 aromatic rings. The quantitative estimate of drug-likeness (QED) is 0.321. The molecule has 0 aromatic heterocycles. The molecule has 0 unspecified atom stereocenters. The summed E-state index contributed by atoms with van der Waals surface area (Å²) in [5.41, 5.74) is 0.538. The summed E-state index contributed by atoms with van der Waals surface area (Å²) in [7, 11) is 0. The first kappa shape index (κ1) is 23.6. The van der Waals surface area contributed by atoms with E-state index in [2.05, 4.69) is 16.0 Å². The van der Waals surface area contributed by atoms with Crippen LogP contribution in [0.2, 0.25) is 5.02 Å². The molecule has 0 aliphatic rings. The normalized spacial score (nSPS) is 10.3. The molecule has 31 heavy (non-hydrogen) atoms. The Kier molecular flexibility index (Phi) is 8.33. The zero-order chi connectivity index (χ0) is 23.0. The maximum Gasteiger partial charge on any atom is 0.338 e. The van der Waals surface area contributed by atoms with Gasteiger partial charge in [0.1, 0.15) is 5.69 Å². The third kappa shape index (κ3) is 7.59.